The van der Waals surface area contributed by atoms with Crippen LogP contribution in [-0.4, -0.2) is 22.6 Å². The predicted molar refractivity (Wildman–Crippen MR) is 107 cm³/mol. The van der Waals surface area contributed by atoms with Gasteiger partial charge in [-0.15, -0.1) is 0 Å². The Balaban J connectivity index is 1.69. The van der Waals surface area contributed by atoms with E-state index in [9.17, 15) is 8.78 Å². The van der Waals surface area contributed by atoms with Crippen LogP contribution in [0.5, 0.6) is 0 Å². The lowest BCUT2D eigenvalue weighted by molar-refractivity contribution is 0.380. The van der Waals surface area contributed by atoms with E-state index in [1.165, 1.54) is 6.07 Å². The van der Waals surface area contributed by atoms with Crippen molar-refractivity contribution in [3.8, 4) is 11.4 Å². The maximum absolute atomic E-state index is 13.5. The van der Waals surface area contributed by atoms with Crippen LogP contribution in [0.3, 0.4) is 0 Å². The molecular weight excluding hydrogens is 400 g/mol. The van der Waals surface area contributed by atoms with Crippen molar-refractivity contribution in [2.75, 3.05) is 6.54 Å². The maximum Gasteiger partial charge on any atom is 0.248 e. The van der Waals surface area contributed by atoms with Gasteiger partial charge in [0.15, 0.2) is 17.6 Å². The number of hydrogen-bond acceptors (Lipinski definition) is 4. The normalized spacial score (nSPS) is 12.7. The van der Waals surface area contributed by atoms with Crippen molar-refractivity contribution in [2.45, 2.75) is 26.4 Å². The molecule has 0 amide bonds. The third-order valence-corrected chi connectivity index (χ3v) is 4.34. The smallest absolute Gasteiger partial charge is 0.248 e. The summed E-state index contributed by atoms with van der Waals surface area (Å²) in [6.45, 7) is 4.52. The molecule has 9 heteroatoms. The molecule has 1 unspecified atom stereocenters. The summed E-state index contributed by atoms with van der Waals surface area (Å²) in [7, 11) is 0. The highest BCUT2D eigenvalue weighted by Crippen LogP contribution is 2.19. The lowest BCUT2D eigenvalue weighted by Gasteiger charge is -2.18. The molecular formula is C20H20ClF2N5O. The quantitative estimate of drug-likeness (QED) is 0.455. The Bertz CT molecular complexity index is 991. The van der Waals surface area contributed by atoms with E-state index in [-0.39, 0.29) is 12.6 Å². The average molecular weight is 420 g/mol. The van der Waals surface area contributed by atoms with E-state index in [1.54, 1.807) is 24.3 Å². The number of nitrogens with one attached hydrogen (secondary N) is 2. The molecule has 3 rings (SSSR count). The van der Waals surface area contributed by atoms with Gasteiger partial charge in [-0.25, -0.2) is 13.8 Å². The van der Waals surface area contributed by atoms with Crippen molar-refractivity contribution in [3.05, 3.63) is 70.6 Å². The summed E-state index contributed by atoms with van der Waals surface area (Å²) in [5, 5.41) is 10.8. The summed E-state index contributed by atoms with van der Waals surface area (Å²) >= 11 is 5.89. The first-order valence-electron chi connectivity index (χ1n) is 9.04. The zero-order valence-corrected chi connectivity index (χ0v) is 16.7. The molecule has 0 fully saturated rings. The Hall–Kier alpha value is -3.00. The first-order valence-corrected chi connectivity index (χ1v) is 9.42. The minimum Gasteiger partial charge on any atom is -0.357 e. The molecule has 152 valence electrons. The van der Waals surface area contributed by atoms with E-state index in [0.29, 0.717) is 34.8 Å². The fourth-order valence-corrected chi connectivity index (χ4v) is 2.70. The molecule has 2 aromatic carbocycles. The fourth-order valence-electron chi connectivity index (χ4n) is 2.57. The van der Waals surface area contributed by atoms with Crippen LogP contribution in [0.25, 0.3) is 11.4 Å². The third kappa shape index (κ3) is 5.51. The van der Waals surface area contributed by atoms with Gasteiger partial charge >= 0.3 is 0 Å². The minimum atomic E-state index is -0.890. The van der Waals surface area contributed by atoms with Gasteiger partial charge in [0.05, 0.1) is 6.04 Å². The molecule has 0 aliphatic rings. The van der Waals surface area contributed by atoms with Crippen LogP contribution in [0.4, 0.5) is 8.78 Å². The highest BCUT2D eigenvalue weighted by molar-refractivity contribution is 6.30. The Morgan fingerprint density at radius 2 is 1.93 bits per heavy atom. The van der Waals surface area contributed by atoms with Gasteiger partial charge in [-0.3, -0.25) is 0 Å². The van der Waals surface area contributed by atoms with Crippen LogP contribution in [0.1, 0.15) is 31.3 Å². The molecule has 0 saturated carbocycles. The Morgan fingerprint density at radius 1 is 1.17 bits per heavy atom. The molecule has 1 aromatic heterocycles. The number of rotatable bonds is 6. The Labute approximate surface area is 172 Å². The van der Waals surface area contributed by atoms with Crippen molar-refractivity contribution in [1.82, 2.24) is 20.8 Å². The van der Waals surface area contributed by atoms with Crippen LogP contribution >= 0.6 is 11.6 Å². The van der Waals surface area contributed by atoms with Crippen molar-refractivity contribution in [3.63, 3.8) is 0 Å². The molecule has 1 atom stereocenters. The lowest BCUT2D eigenvalue weighted by atomic mass is 10.1. The SMILES string of the molecule is CCNC(=NCc1nc(-c2ccc(Cl)cc2)no1)NC(C)c1ccc(F)c(F)c1. The fraction of sp³-hybridized carbons (Fsp3) is 0.250. The summed E-state index contributed by atoms with van der Waals surface area (Å²) in [5.41, 5.74) is 1.38. The van der Waals surface area contributed by atoms with Crippen molar-refractivity contribution in [1.29, 1.82) is 0 Å². The van der Waals surface area contributed by atoms with Crippen molar-refractivity contribution >= 4 is 17.6 Å². The van der Waals surface area contributed by atoms with E-state index in [1.807, 2.05) is 13.8 Å². The number of aliphatic imine (C=N–C) groups is 1. The van der Waals surface area contributed by atoms with Crippen LogP contribution in [0.15, 0.2) is 52.0 Å². The van der Waals surface area contributed by atoms with Gasteiger partial charge in [0.2, 0.25) is 11.7 Å². The van der Waals surface area contributed by atoms with Crippen LogP contribution in [0, 0.1) is 11.6 Å². The van der Waals surface area contributed by atoms with Gasteiger partial charge < -0.3 is 15.2 Å². The van der Waals surface area contributed by atoms with Gasteiger partial charge in [0.25, 0.3) is 0 Å². The van der Waals surface area contributed by atoms with Gasteiger partial charge in [0, 0.05) is 17.1 Å². The summed E-state index contributed by atoms with van der Waals surface area (Å²) in [6.07, 6.45) is 0. The number of nitrogens with zero attached hydrogens (tertiary/aromatic N) is 3. The van der Waals surface area contributed by atoms with Crippen LogP contribution in [0.2, 0.25) is 5.02 Å². The zero-order valence-electron chi connectivity index (χ0n) is 15.9. The van der Waals surface area contributed by atoms with E-state index in [0.717, 1.165) is 17.7 Å². The number of hydrogen-bond donors (Lipinski definition) is 2. The van der Waals surface area contributed by atoms with E-state index in [4.69, 9.17) is 16.1 Å². The molecule has 1 heterocycles. The molecule has 29 heavy (non-hydrogen) atoms. The Morgan fingerprint density at radius 3 is 2.62 bits per heavy atom. The molecule has 0 bridgehead atoms. The van der Waals surface area contributed by atoms with Crippen molar-refractivity contribution in [2.24, 2.45) is 4.99 Å². The predicted octanol–water partition coefficient (Wildman–Crippen LogP) is 4.48. The van der Waals surface area contributed by atoms with E-state index >= 15 is 0 Å². The number of halogens is 3. The van der Waals surface area contributed by atoms with Gasteiger partial charge in [-0.2, -0.15) is 4.98 Å². The van der Waals surface area contributed by atoms with E-state index < -0.39 is 11.6 Å². The second-order valence-electron chi connectivity index (χ2n) is 6.25. The Kier molecular flexibility index (Phi) is 6.77. The highest BCUT2D eigenvalue weighted by Gasteiger charge is 2.12. The summed E-state index contributed by atoms with van der Waals surface area (Å²) in [6, 6.07) is 10.6. The summed E-state index contributed by atoms with van der Waals surface area (Å²) in [5.74, 6) is -0.503. The van der Waals surface area contributed by atoms with Gasteiger partial charge in [-0.1, -0.05) is 22.8 Å². The minimum absolute atomic E-state index is 0.153. The molecule has 0 saturated heterocycles. The third-order valence-electron chi connectivity index (χ3n) is 4.08. The number of benzene rings is 2. The second-order valence-corrected chi connectivity index (χ2v) is 6.69. The first kappa shape index (κ1) is 20.7. The topological polar surface area (TPSA) is 75.3 Å². The van der Waals surface area contributed by atoms with Gasteiger partial charge in [0.1, 0.15) is 6.54 Å². The monoisotopic (exact) mass is 419 g/mol. The molecule has 0 aliphatic heterocycles. The van der Waals surface area contributed by atoms with Crippen LogP contribution < -0.4 is 10.6 Å². The molecule has 3 aromatic rings. The van der Waals surface area contributed by atoms with Gasteiger partial charge in [-0.05, 0) is 55.8 Å². The van der Waals surface area contributed by atoms with Crippen LogP contribution in [-0.2, 0) is 6.54 Å². The molecule has 0 radical (unpaired) electrons. The average Bonchev–Trinajstić information content (AvgIpc) is 3.18. The summed E-state index contributed by atoms with van der Waals surface area (Å²) in [4.78, 5) is 8.75. The number of guanidine groups is 1. The highest BCUT2D eigenvalue weighted by atomic mass is 35.5. The van der Waals surface area contributed by atoms with E-state index in [2.05, 4.69) is 25.8 Å². The largest absolute Gasteiger partial charge is 0.357 e. The molecule has 0 aliphatic carbocycles. The standard InChI is InChI=1S/C20H20ClF2N5O/c1-3-24-20(26-12(2)14-6-9-16(22)17(23)10-14)25-11-18-27-19(28-29-18)13-4-7-15(21)8-5-13/h4-10,12H,3,11H2,1-2H3,(H2,24,25,26). The van der Waals surface area contributed by atoms with Crippen molar-refractivity contribution < 1.29 is 13.3 Å². The summed E-state index contributed by atoms with van der Waals surface area (Å²) < 4.78 is 31.9. The maximum atomic E-state index is 13.5. The second kappa shape index (κ2) is 9.47. The lowest BCUT2D eigenvalue weighted by Crippen LogP contribution is -2.38. The zero-order chi connectivity index (χ0) is 20.8. The first-order chi connectivity index (χ1) is 14.0. The molecule has 0 spiro atoms. The molecule has 6 nitrogen and oxygen atoms in total. The number of aromatic nitrogens is 2. The molecule has 2 N–H and O–H groups in total.